The van der Waals surface area contributed by atoms with Gasteiger partial charge in [0.2, 0.25) is 10.0 Å². The smallest absolute Gasteiger partial charge is 0.341 e. The topological polar surface area (TPSA) is 114 Å². The molecule has 10 heteroatoms. The quantitative estimate of drug-likeness (QED) is 0.593. The van der Waals surface area contributed by atoms with Crippen molar-refractivity contribution < 1.29 is 17.9 Å². The number of benzene rings is 1. The molecule has 1 N–H and O–H groups in total. The van der Waals surface area contributed by atoms with Gasteiger partial charge in [-0.2, -0.15) is 9.40 Å². The van der Waals surface area contributed by atoms with Crippen molar-refractivity contribution in [2.24, 2.45) is 0 Å². The largest absolute Gasteiger partial charge is 0.465 e. The lowest BCUT2D eigenvalue weighted by atomic mass is 10.1. The zero-order chi connectivity index (χ0) is 21.3. The molecule has 0 saturated carbocycles. The first kappa shape index (κ1) is 20.3. The van der Waals surface area contributed by atoms with Crippen LogP contribution in [0.2, 0.25) is 0 Å². The summed E-state index contributed by atoms with van der Waals surface area (Å²) in [5.41, 5.74) is 1.36. The number of aryl methyl sites for hydroxylation is 2. The van der Waals surface area contributed by atoms with Crippen molar-refractivity contribution >= 4 is 16.0 Å². The standard InChI is InChI=1S/C20H22N4O5S/c1-29-20(26)17-13-23(12-16-18(17)21-22-19(16)25)11-8-14-4-6-15(7-5-14)30(27,28)24-9-2-3-10-24/h4-7,12-13H,2-3,8-11H2,1H3,(H,22,25). The molecular formula is C20H22N4O5S. The van der Waals surface area contributed by atoms with Crippen LogP contribution in [-0.2, 0) is 27.7 Å². The van der Waals surface area contributed by atoms with Gasteiger partial charge in [-0.15, -0.1) is 0 Å². The normalized spacial score (nSPS) is 15.0. The first-order valence-electron chi connectivity index (χ1n) is 9.66. The second-order valence-corrected chi connectivity index (χ2v) is 9.16. The van der Waals surface area contributed by atoms with Gasteiger partial charge in [0.15, 0.2) is 0 Å². The fourth-order valence-electron chi connectivity index (χ4n) is 3.64. The van der Waals surface area contributed by atoms with Gasteiger partial charge in [-0.25, -0.2) is 18.3 Å². The molecule has 30 heavy (non-hydrogen) atoms. The number of carbonyl (C=O) groups excluding carboxylic acids is 1. The Labute approximate surface area is 173 Å². The minimum Gasteiger partial charge on any atom is -0.465 e. The molecule has 1 aromatic carbocycles. The summed E-state index contributed by atoms with van der Waals surface area (Å²) >= 11 is 0. The van der Waals surface area contributed by atoms with Gasteiger partial charge in [0, 0.05) is 32.0 Å². The fraction of sp³-hybridized carbons (Fsp3) is 0.350. The van der Waals surface area contributed by atoms with Gasteiger partial charge in [0.1, 0.15) is 11.3 Å². The number of aromatic amines is 1. The van der Waals surface area contributed by atoms with Crippen LogP contribution < -0.4 is 5.56 Å². The van der Waals surface area contributed by atoms with E-state index in [0.717, 1.165) is 18.4 Å². The fourth-order valence-corrected chi connectivity index (χ4v) is 5.16. The molecular weight excluding hydrogens is 408 g/mol. The highest BCUT2D eigenvalue weighted by Crippen LogP contribution is 2.23. The van der Waals surface area contributed by atoms with Crippen molar-refractivity contribution in [3.63, 3.8) is 0 Å². The van der Waals surface area contributed by atoms with Crippen LogP contribution >= 0.6 is 0 Å². The third-order valence-electron chi connectivity index (χ3n) is 5.30. The van der Waals surface area contributed by atoms with Gasteiger partial charge < -0.3 is 9.30 Å². The summed E-state index contributed by atoms with van der Waals surface area (Å²) in [5.74, 6) is -0.572. The van der Waals surface area contributed by atoms with Crippen LogP contribution in [0.15, 0.2) is 46.3 Å². The molecule has 0 spiro atoms. The van der Waals surface area contributed by atoms with Crippen LogP contribution in [0.4, 0.5) is 0 Å². The van der Waals surface area contributed by atoms with E-state index in [1.54, 1.807) is 41.2 Å². The average Bonchev–Trinajstić information content (AvgIpc) is 3.42. The number of methoxy groups -OCH3 is 1. The first-order valence-corrected chi connectivity index (χ1v) is 11.1. The molecule has 1 saturated heterocycles. The van der Waals surface area contributed by atoms with Crippen molar-refractivity contribution in [3.05, 3.63) is 58.1 Å². The average molecular weight is 430 g/mol. The number of esters is 1. The third-order valence-corrected chi connectivity index (χ3v) is 7.22. The van der Waals surface area contributed by atoms with Gasteiger partial charge >= 0.3 is 5.97 Å². The van der Waals surface area contributed by atoms with E-state index in [1.165, 1.54) is 11.4 Å². The molecule has 4 rings (SSSR count). The van der Waals surface area contributed by atoms with E-state index < -0.39 is 16.0 Å². The lowest BCUT2D eigenvalue weighted by molar-refractivity contribution is 0.0600. The number of aromatic nitrogens is 3. The van der Waals surface area contributed by atoms with Crippen LogP contribution in [0.25, 0.3) is 11.3 Å². The van der Waals surface area contributed by atoms with E-state index in [-0.39, 0.29) is 16.8 Å². The van der Waals surface area contributed by atoms with E-state index in [0.29, 0.717) is 36.5 Å². The number of nitrogens with one attached hydrogen (secondary N) is 1. The number of nitrogens with zero attached hydrogens (tertiary/aromatic N) is 3. The zero-order valence-electron chi connectivity index (χ0n) is 16.5. The summed E-state index contributed by atoms with van der Waals surface area (Å²) in [7, 11) is -2.16. The Bertz CT molecular complexity index is 1190. The lowest BCUT2D eigenvalue weighted by Gasteiger charge is -2.16. The highest BCUT2D eigenvalue weighted by Gasteiger charge is 2.27. The Morgan fingerprint density at radius 3 is 2.53 bits per heavy atom. The SMILES string of the molecule is COC(=O)c1cn(CCc2ccc(S(=O)(=O)N3CCCC3)cc2)cc2c(=O)[nH]nc1-2. The summed E-state index contributed by atoms with van der Waals surface area (Å²) in [6.45, 7) is 1.63. The minimum atomic E-state index is -3.43. The third kappa shape index (κ3) is 3.75. The predicted octanol–water partition coefficient (Wildman–Crippen LogP) is 1.49. The second kappa shape index (κ2) is 8.04. The molecule has 0 aliphatic carbocycles. The highest BCUT2D eigenvalue weighted by molar-refractivity contribution is 7.89. The summed E-state index contributed by atoms with van der Waals surface area (Å²) in [4.78, 5) is 24.3. The molecule has 1 fully saturated rings. The second-order valence-electron chi connectivity index (χ2n) is 7.22. The van der Waals surface area contributed by atoms with Crippen LogP contribution in [0.3, 0.4) is 0 Å². The molecule has 0 unspecified atom stereocenters. The maximum absolute atomic E-state index is 12.6. The number of rotatable bonds is 6. The molecule has 0 amide bonds. The summed E-state index contributed by atoms with van der Waals surface area (Å²) in [5, 5.41) is 6.25. The Morgan fingerprint density at radius 1 is 1.17 bits per heavy atom. The maximum Gasteiger partial charge on any atom is 0.341 e. The van der Waals surface area contributed by atoms with E-state index in [4.69, 9.17) is 4.74 Å². The van der Waals surface area contributed by atoms with Crippen molar-refractivity contribution in [3.8, 4) is 11.3 Å². The van der Waals surface area contributed by atoms with E-state index in [1.807, 2.05) is 0 Å². The Hall–Kier alpha value is -2.98. The number of H-pyrrole nitrogens is 1. The Balaban J connectivity index is 1.53. The van der Waals surface area contributed by atoms with Gasteiger partial charge in [-0.3, -0.25) is 4.79 Å². The molecule has 0 aromatic heterocycles. The van der Waals surface area contributed by atoms with Crippen molar-refractivity contribution in [1.82, 2.24) is 19.1 Å². The number of fused-ring (bicyclic) bond motifs is 1. The highest BCUT2D eigenvalue weighted by atomic mass is 32.2. The number of sulfonamides is 1. The first-order chi connectivity index (χ1) is 14.4. The monoisotopic (exact) mass is 430 g/mol. The molecule has 0 atom stereocenters. The van der Waals surface area contributed by atoms with Crippen LogP contribution in [-0.4, -0.2) is 53.7 Å². The molecule has 3 heterocycles. The summed E-state index contributed by atoms with van der Waals surface area (Å²) in [6.07, 6.45) is 5.62. The van der Waals surface area contributed by atoms with Crippen LogP contribution in [0.1, 0.15) is 28.8 Å². The van der Waals surface area contributed by atoms with Gasteiger partial charge in [-0.1, -0.05) is 12.1 Å². The zero-order valence-corrected chi connectivity index (χ0v) is 17.3. The molecule has 158 valence electrons. The number of pyridine rings is 1. The van der Waals surface area contributed by atoms with Crippen molar-refractivity contribution in [1.29, 1.82) is 0 Å². The molecule has 3 aliphatic rings. The molecule has 1 aromatic rings. The molecule has 0 radical (unpaired) electrons. The molecule has 0 bridgehead atoms. The van der Waals surface area contributed by atoms with E-state index >= 15 is 0 Å². The molecule has 3 aliphatic heterocycles. The number of ether oxygens (including phenoxy) is 1. The predicted molar refractivity (Wildman–Crippen MR) is 109 cm³/mol. The number of carbonyl (C=O) groups is 1. The maximum atomic E-state index is 12.6. The van der Waals surface area contributed by atoms with Gasteiger partial charge in [0.05, 0.1) is 17.6 Å². The summed E-state index contributed by atoms with van der Waals surface area (Å²) < 4.78 is 33.3. The lowest BCUT2D eigenvalue weighted by Crippen LogP contribution is -2.27. The minimum absolute atomic E-state index is 0.209. The van der Waals surface area contributed by atoms with Crippen molar-refractivity contribution in [2.45, 2.75) is 30.7 Å². The number of hydrogen-bond donors (Lipinski definition) is 1. The van der Waals surface area contributed by atoms with Crippen molar-refractivity contribution in [2.75, 3.05) is 20.2 Å². The van der Waals surface area contributed by atoms with Crippen LogP contribution in [0, 0.1) is 0 Å². The van der Waals surface area contributed by atoms with Gasteiger partial charge in [-0.05, 0) is 37.0 Å². The Kier molecular flexibility index (Phi) is 5.44. The van der Waals surface area contributed by atoms with E-state index in [2.05, 4.69) is 10.2 Å². The number of hydrogen-bond acceptors (Lipinski definition) is 6. The Morgan fingerprint density at radius 2 is 1.87 bits per heavy atom. The summed E-state index contributed by atoms with van der Waals surface area (Å²) in [6, 6.07) is 6.84. The van der Waals surface area contributed by atoms with E-state index in [9.17, 15) is 18.0 Å². The molecule has 9 nitrogen and oxygen atoms in total. The van der Waals surface area contributed by atoms with Crippen LogP contribution in [0.5, 0.6) is 0 Å². The van der Waals surface area contributed by atoms with Gasteiger partial charge in [0.25, 0.3) is 5.56 Å².